The fraction of sp³-hybridized carbons (Fsp3) is 0.800. The van der Waals surface area contributed by atoms with Gasteiger partial charge in [-0.2, -0.15) is 0 Å². The lowest BCUT2D eigenvalue weighted by Gasteiger charge is -2.21. The van der Waals surface area contributed by atoms with Crippen molar-refractivity contribution in [3.63, 3.8) is 0 Å². The SMILES string of the molecule is O=C(O)[C@@H]1CSCN1C(=O)CC1CCS(=O)(=O)C1. The second-order valence-corrected chi connectivity index (χ2v) is 7.92. The highest BCUT2D eigenvalue weighted by Gasteiger charge is 2.37. The minimum absolute atomic E-state index is 0.0530. The van der Waals surface area contributed by atoms with Gasteiger partial charge in [-0.25, -0.2) is 13.2 Å². The van der Waals surface area contributed by atoms with Crippen LogP contribution in [-0.4, -0.2) is 59.5 Å². The number of hydrogen-bond acceptors (Lipinski definition) is 5. The molecule has 102 valence electrons. The number of thioether (sulfide) groups is 1. The number of rotatable bonds is 3. The van der Waals surface area contributed by atoms with Crippen LogP contribution in [0.5, 0.6) is 0 Å². The van der Waals surface area contributed by atoms with Crippen molar-refractivity contribution in [2.45, 2.75) is 18.9 Å². The molecular weight excluding hydrogens is 278 g/mol. The fourth-order valence-electron chi connectivity index (χ4n) is 2.29. The first-order valence-corrected chi connectivity index (χ1v) is 8.67. The summed E-state index contributed by atoms with van der Waals surface area (Å²) in [4.78, 5) is 24.3. The zero-order valence-corrected chi connectivity index (χ0v) is 11.4. The average molecular weight is 293 g/mol. The molecule has 0 bridgehead atoms. The number of hydrogen-bond donors (Lipinski definition) is 1. The number of carboxylic acids is 1. The second-order valence-electron chi connectivity index (χ2n) is 4.69. The maximum Gasteiger partial charge on any atom is 0.327 e. The van der Waals surface area contributed by atoms with Crippen molar-refractivity contribution in [2.75, 3.05) is 23.1 Å². The van der Waals surface area contributed by atoms with E-state index in [-0.39, 0.29) is 29.8 Å². The van der Waals surface area contributed by atoms with Crippen LogP contribution in [0.3, 0.4) is 0 Å². The Morgan fingerprint density at radius 3 is 2.67 bits per heavy atom. The third-order valence-electron chi connectivity index (χ3n) is 3.28. The molecule has 2 aliphatic rings. The van der Waals surface area contributed by atoms with Crippen LogP contribution in [0, 0.1) is 5.92 Å². The summed E-state index contributed by atoms with van der Waals surface area (Å²) in [6.07, 6.45) is 0.649. The van der Waals surface area contributed by atoms with E-state index in [0.29, 0.717) is 18.1 Å². The third-order valence-corrected chi connectivity index (χ3v) is 6.13. The molecule has 0 aromatic heterocycles. The standard InChI is InChI=1S/C10H15NO5S2/c12-9(3-7-1-2-18(15,16)5-7)11-6-17-4-8(11)10(13)14/h7-8H,1-6H2,(H,13,14)/t7?,8-/m0/s1. The van der Waals surface area contributed by atoms with Gasteiger partial charge < -0.3 is 10.0 Å². The van der Waals surface area contributed by atoms with Crippen LogP contribution in [0.1, 0.15) is 12.8 Å². The van der Waals surface area contributed by atoms with Crippen molar-refractivity contribution in [3.8, 4) is 0 Å². The monoisotopic (exact) mass is 293 g/mol. The van der Waals surface area contributed by atoms with Crippen molar-refractivity contribution in [2.24, 2.45) is 5.92 Å². The zero-order chi connectivity index (χ0) is 13.3. The van der Waals surface area contributed by atoms with Gasteiger partial charge in [-0.05, 0) is 12.3 Å². The Labute approximate surface area is 110 Å². The number of aliphatic carboxylic acids is 1. The molecule has 0 radical (unpaired) electrons. The molecule has 2 aliphatic heterocycles. The number of carboxylic acid groups (broad SMARTS) is 1. The Morgan fingerprint density at radius 1 is 1.39 bits per heavy atom. The van der Waals surface area contributed by atoms with E-state index >= 15 is 0 Å². The lowest BCUT2D eigenvalue weighted by atomic mass is 10.0. The molecule has 2 rings (SSSR count). The molecule has 8 heteroatoms. The molecule has 6 nitrogen and oxygen atoms in total. The molecule has 2 fully saturated rings. The largest absolute Gasteiger partial charge is 0.480 e. The molecule has 1 N–H and O–H groups in total. The van der Waals surface area contributed by atoms with Crippen molar-refractivity contribution in [1.82, 2.24) is 4.90 Å². The van der Waals surface area contributed by atoms with Crippen LogP contribution in [0.15, 0.2) is 0 Å². The molecule has 0 saturated carbocycles. The molecule has 2 saturated heterocycles. The van der Waals surface area contributed by atoms with E-state index in [1.54, 1.807) is 0 Å². The quantitative estimate of drug-likeness (QED) is 0.774. The van der Waals surface area contributed by atoms with Gasteiger partial charge in [0.15, 0.2) is 9.84 Å². The minimum Gasteiger partial charge on any atom is -0.480 e. The number of carbonyl (C=O) groups excluding carboxylic acids is 1. The summed E-state index contributed by atoms with van der Waals surface area (Å²) in [5.74, 6) is -0.400. The summed E-state index contributed by atoms with van der Waals surface area (Å²) in [6, 6.07) is -0.763. The van der Waals surface area contributed by atoms with E-state index < -0.39 is 21.8 Å². The number of amides is 1. The van der Waals surface area contributed by atoms with E-state index in [1.165, 1.54) is 16.7 Å². The van der Waals surface area contributed by atoms with E-state index in [9.17, 15) is 18.0 Å². The molecule has 18 heavy (non-hydrogen) atoms. The fourth-order valence-corrected chi connectivity index (χ4v) is 5.32. The van der Waals surface area contributed by atoms with Gasteiger partial charge in [0.25, 0.3) is 0 Å². The molecule has 0 aliphatic carbocycles. The molecule has 0 spiro atoms. The van der Waals surface area contributed by atoms with Gasteiger partial charge in [0.05, 0.1) is 17.4 Å². The molecular formula is C10H15NO5S2. The Kier molecular flexibility index (Phi) is 3.86. The number of nitrogens with zero attached hydrogens (tertiary/aromatic N) is 1. The van der Waals surface area contributed by atoms with Crippen molar-refractivity contribution in [3.05, 3.63) is 0 Å². The summed E-state index contributed by atoms with van der Waals surface area (Å²) in [5.41, 5.74) is 0. The highest BCUT2D eigenvalue weighted by Crippen LogP contribution is 2.26. The summed E-state index contributed by atoms with van der Waals surface area (Å²) >= 11 is 1.41. The summed E-state index contributed by atoms with van der Waals surface area (Å²) in [7, 11) is -2.99. The highest BCUT2D eigenvalue weighted by molar-refractivity contribution is 7.99. The van der Waals surface area contributed by atoms with Gasteiger partial charge in [0.1, 0.15) is 6.04 Å². The highest BCUT2D eigenvalue weighted by atomic mass is 32.2. The second kappa shape index (κ2) is 5.08. The van der Waals surface area contributed by atoms with Crippen molar-refractivity contribution < 1.29 is 23.1 Å². The Hall–Kier alpha value is -0.760. The van der Waals surface area contributed by atoms with Crippen LogP contribution < -0.4 is 0 Å². The smallest absolute Gasteiger partial charge is 0.327 e. The predicted molar refractivity (Wildman–Crippen MR) is 67.0 cm³/mol. The van der Waals surface area contributed by atoms with Crippen molar-refractivity contribution in [1.29, 1.82) is 0 Å². The van der Waals surface area contributed by atoms with Crippen LogP contribution in [0.4, 0.5) is 0 Å². The van der Waals surface area contributed by atoms with Crippen LogP contribution in [0.25, 0.3) is 0 Å². The predicted octanol–water partition coefficient (Wildman–Crippen LogP) is -0.203. The summed E-state index contributed by atoms with van der Waals surface area (Å²) in [6.45, 7) is 0. The van der Waals surface area contributed by atoms with E-state index in [2.05, 4.69) is 0 Å². The van der Waals surface area contributed by atoms with Crippen LogP contribution in [-0.2, 0) is 19.4 Å². The van der Waals surface area contributed by atoms with Gasteiger partial charge in [0.2, 0.25) is 5.91 Å². The topological polar surface area (TPSA) is 91.8 Å². The first-order valence-electron chi connectivity index (χ1n) is 5.69. The van der Waals surface area contributed by atoms with E-state index in [1.807, 2.05) is 0 Å². The van der Waals surface area contributed by atoms with Gasteiger partial charge in [-0.1, -0.05) is 0 Å². The first-order chi connectivity index (χ1) is 8.39. The Balaban J connectivity index is 1.94. The molecule has 2 atom stereocenters. The lowest BCUT2D eigenvalue weighted by Crippen LogP contribution is -2.42. The lowest BCUT2D eigenvalue weighted by molar-refractivity contribution is -0.148. The Morgan fingerprint density at radius 2 is 2.11 bits per heavy atom. The van der Waals surface area contributed by atoms with Gasteiger partial charge >= 0.3 is 5.97 Å². The third kappa shape index (κ3) is 2.97. The summed E-state index contributed by atoms with van der Waals surface area (Å²) in [5, 5.41) is 8.97. The van der Waals surface area contributed by atoms with Crippen LogP contribution in [0.2, 0.25) is 0 Å². The maximum atomic E-state index is 12.0. The summed E-state index contributed by atoms with van der Waals surface area (Å²) < 4.78 is 22.6. The van der Waals surface area contributed by atoms with Gasteiger partial charge in [-0.15, -0.1) is 11.8 Å². The van der Waals surface area contributed by atoms with E-state index in [4.69, 9.17) is 5.11 Å². The zero-order valence-electron chi connectivity index (χ0n) is 9.74. The average Bonchev–Trinajstić information content (AvgIpc) is 2.84. The molecule has 0 aromatic carbocycles. The van der Waals surface area contributed by atoms with Gasteiger partial charge in [-0.3, -0.25) is 4.79 Å². The Bertz CT molecular complexity index is 461. The number of sulfone groups is 1. The number of carbonyl (C=O) groups is 2. The molecule has 0 aromatic rings. The minimum atomic E-state index is -2.99. The van der Waals surface area contributed by atoms with E-state index in [0.717, 1.165) is 0 Å². The molecule has 1 unspecified atom stereocenters. The van der Waals surface area contributed by atoms with Crippen LogP contribution >= 0.6 is 11.8 Å². The molecule has 1 amide bonds. The first kappa shape index (κ1) is 13.7. The molecule has 2 heterocycles. The maximum absolute atomic E-state index is 12.0. The normalized spacial score (nSPS) is 30.6. The van der Waals surface area contributed by atoms with Gasteiger partial charge in [0, 0.05) is 12.2 Å². The van der Waals surface area contributed by atoms with Crippen molar-refractivity contribution >= 4 is 33.5 Å².